The van der Waals surface area contributed by atoms with Crippen molar-refractivity contribution in [3.8, 4) is 0 Å². The minimum absolute atomic E-state index is 0.140. The summed E-state index contributed by atoms with van der Waals surface area (Å²) in [6.45, 7) is 5.04. The molecule has 6 nitrogen and oxygen atoms in total. The van der Waals surface area contributed by atoms with Crippen LogP contribution in [0.25, 0.3) is 5.76 Å². The van der Waals surface area contributed by atoms with Crippen LogP contribution in [-0.4, -0.2) is 42.2 Å². The summed E-state index contributed by atoms with van der Waals surface area (Å²) >= 11 is 1.56. The largest absolute Gasteiger partial charge is 0.507 e. The number of aliphatic hydroxyl groups is 1. The lowest BCUT2D eigenvalue weighted by atomic mass is 9.87. The topological polar surface area (TPSA) is 77.0 Å². The van der Waals surface area contributed by atoms with Gasteiger partial charge in [-0.3, -0.25) is 0 Å². The number of thiophene rings is 1. The van der Waals surface area contributed by atoms with Crippen LogP contribution in [0.4, 0.5) is 5.00 Å². The molecule has 0 aromatic carbocycles. The van der Waals surface area contributed by atoms with Gasteiger partial charge in [-0.1, -0.05) is 0 Å². The number of aliphatic hydroxyl groups excluding tert-OH is 1. The Morgan fingerprint density at radius 2 is 2.21 bits per heavy atom. The Hall–Kier alpha value is -1.57. The summed E-state index contributed by atoms with van der Waals surface area (Å²) in [5, 5.41) is 14.6. The highest BCUT2D eigenvalue weighted by Crippen LogP contribution is 2.48. The van der Waals surface area contributed by atoms with Crippen LogP contribution in [0, 0.1) is 0 Å². The fraction of sp³-hybridized carbons (Fsp3) is 0.588. The van der Waals surface area contributed by atoms with Crippen molar-refractivity contribution >= 4 is 28.1 Å². The number of ether oxygens (including phenoxy) is 3. The van der Waals surface area contributed by atoms with Crippen LogP contribution in [0.2, 0.25) is 0 Å². The minimum atomic E-state index is -1.06. The summed E-state index contributed by atoms with van der Waals surface area (Å²) < 4.78 is 16.8. The van der Waals surface area contributed by atoms with E-state index in [4.69, 9.17) is 14.2 Å². The van der Waals surface area contributed by atoms with Gasteiger partial charge in [-0.25, -0.2) is 4.79 Å². The van der Waals surface area contributed by atoms with Crippen molar-refractivity contribution in [3.63, 3.8) is 0 Å². The Balaban J connectivity index is 1.68. The van der Waals surface area contributed by atoms with Gasteiger partial charge in [0.15, 0.2) is 11.3 Å². The summed E-state index contributed by atoms with van der Waals surface area (Å²) in [5.74, 6) is -0.766. The molecule has 1 aliphatic carbocycles. The van der Waals surface area contributed by atoms with Crippen molar-refractivity contribution in [2.45, 2.75) is 44.4 Å². The number of rotatable bonds is 2. The normalized spacial score (nSPS) is 27.2. The van der Waals surface area contributed by atoms with Gasteiger partial charge in [0.2, 0.25) is 0 Å². The van der Waals surface area contributed by atoms with Crippen molar-refractivity contribution in [2.75, 3.05) is 25.1 Å². The highest BCUT2D eigenvalue weighted by molar-refractivity contribution is 7.16. The van der Waals surface area contributed by atoms with Crippen molar-refractivity contribution in [3.05, 3.63) is 22.1 Å². The zero-order valence-corrected chi connectivity index (χ0v) is 14.6. The standard InChI is InChI=1S/C17H21NO5S/c1-3-21-15(20)16(2)8-11(19)13-10-4-5-17(22-6-7-23-17)9-12(10)24-14(13)18-16/h8,18-19H,3-7,9H2,1-2H3. The van der Waals surface area contributed by atoms with Crippen LogP contribution in [0.3, 0.4) is 0 Å². The van der Waals surface area contributed by atoms with E-state index < -0.39 is 17.3 Å². The lowest BCUT2D eigenvalue weighted by Gasteiger charge is -2.32. The second kappa shape index (κ2) is 5.47. The van der Waals surface area contributed by atoms with Gasteiger partial charge in [-0.15, -0.1) is 11.3 Å². The molecule has 0 amide bonds. The smallest absolute Gasteiger partial charge is 0.335 e. The number of carbonyl (C=O) groups excluding carboxylic acids is 1. The first-order valence-electron chi connectivity index (χ1n) is 8.26. The molecule has 130 valence electrons. The molecule has 1 aromatic heterocycles. The summed E-state index contributed by atoms with van der Waals surface area (Å²) in [6.07, 6.45) is 3.81. The number of hydrogen-bond donors (Lipinski definition) is 2. The zero-order valence-electron chi connectivity index (χ0n) is 13.8. The summed E-state index contributed by atoms with van der Waals surface area (Å²) in [7, 11) is 0. The molecule has 1 atom stereocenters. The molecule has 1 saturated heterocycles. The van der Waals surface area contributed by atoms with Crippen LogP contribution in [0.15, 0.2) is 6.08 Å². The molecule has 1 spiro atoms. The van der Waals surface area contributed by atoms with E-state index in [-0.39, 0.29) is 5.76 Å². The molecule has 1 unspecified atom stereocenters. The Bertz CT molecular complexity index is 719. The van der Waals surface area contributed by atoms with Gasteiger partial charge in [0.1, 0.15) is 10.8 Å². The molecule has 3 heterocycles. The zero-order chi connectivity index (χ0) is 16.9. The second-order valence-electron chi connectivity index (χ2n) is 6.57. The minimum Gasteiger partial charge on any atom is -0.507 e. The molecule has 4 rings (SSSR count). The van der Waals surface area contributed by atoms with E-state index in [2.05, 4.69) is 5.32 Å². The van der Waals surface area contributed by atoms with Crippen LogP contribution in [0.1, 0.15) is 36.3 Å². The van der Waals surface area contributed by atoms with Crippen molar-refractivity contribution in [1.82, 2.24) is 0 Å². The SMILES string of the molecule is CCOC(=O)C1(C)C=C(O)c2c(sc3c2CCC2(C3)OCCO2)N1. The predicted octanol–water partition coefficient (Wildman–Crippen LogP) is 2.63. The first-order chi connectivity index (χ1) is 11.5. The third-order valence-electron chi connectivity index (χ3n) is 4.84. The Morgan fingerprint density at radius 1 is 1.46 bits per heavy atom. The lowest BCUT2D eigenvalue weighted by Crippen LogP contribution is -2.44. The molecule has 3 aliphatic rings. The number of nitrogens with one attached hydrogen (secondary N) is 1. The molecule has 0 bridgehead atoms. The van der Waals surface area contributed by atoms with E-state index in [1.54, 1.807) is 31.3 Å². The first-order valence-corrected chi connectivity index (χ1v) is 9.08. The first kappa shape index (κ1) is 15.9. The molecule has 0 radical (unpaired) electrons. The highest BCUT2D eigenvalue weighted by Gasteiger charge is 2.45. The van der Waals surface area contributed by atoms with Crippen LogP contribution in [0.5, 0.6) is 0 Å². The number of esters is 1. The molecular weight excluding hydrogens is 330 g/mol. The molecule has 7 heteroatoms. The summed E-state index contributed by atoms with van der Waals surface area (Å²) in [4.78, 5) is 13.4. The number of fused-ring (bicyclic) bond motifs is 3. The van der Waals surface area contributed by atoms with Gasteiger partial charge in [-0.05, 0) is 31.9 Å². The maximum absolute atomic E-state index is 12.2. The van der Waals surface area contributed by atoms with E-state index in [1.807, 2.05) is 0 Å². The van der Waals surface area contributed by atoms with Crippen molar-refractivity contribution < 1.29 is 24.1 Å². The van der Waals surface area contributed by atoms with Crippen molar-refractivity contribution in [2.24, 2.45) is 0 Å². The number of carbonyl (C=O) groups is 1. The van der Waals surface area contributed by atoms with E-state index in [9.17, 15) is 9.90 Å². The van der Waals surface area contributed by atoms with Gasteiger partial charge < -0.3 is 24.6 Å². The van der Waals surface area contributed by atoms with E-state index in [1.165, 1.54) is 0 Å². The molecule has 2 aliphatic heterocycles. The summed E-state index contributed by atoms with van der Waals surface area (Å²) in [5.41, 5.74) is 0.884. The van der Waals surface area contributed by atoms with E-state index >= 15 is 0 Å². The Morgan fingerprint density at radius 3 is 2.92 bits per heavy atom. The lowest BCUT2D eigenvalue weighted by molar-refractivity contribution is -0.163. The third kappa shape index (κ3) is 2.34. The molecule has 1 fully saturated rings. The monoisotopic (exact) mass is 351 g/mol. The molecule has 1 aromatic rings. The van der Waals surface area contributed by atoms with Gasteiger partial charge in [0.05, 0.1) is 25.4 Å². The fourth-order valence-electron chi connectivity index (χ4n) is 3.68. The van der Waals surface area contributed by atoms with Crippen LogP contribution >= 0.6 is 11.3 Å². The van der Waals surface area contributed by atoms with Crippen molar-refractivity contribution in [1.29, 1.82) is 0 Å². The maximum Gasteiger partial charge on any atom is 0.335 e. The molecular formula is C17H21NO5S. The van der Waals surface area contributed by atoms with Gasteiger partial charge in [0.25, 0.3) is 0 Å². The van der Waals surface area contributed by atoms with Gasteiger partial charge in [-0.2, -0.15) is 0 Å². The van der Waals surface area contributed by atoms with Gasteiger partial charge >= 0.3 is 5.97 Å². The average molecular weight is 351 g/mol. The number of anilines is 1. The molecule has 24 heavy (non-hydrogen) atoms. The van der Waals surface area contributed by atoms with Crippen LogP contribution in [-0.2, 0) is 31.8 Å². The third-order valence-corrected chi connectivity index (χ3v) is 5.99. The highest BCUT2D eigenvalue weighted by atomic mass is 32.1. The quantitative estimate of drug-likeness (QED) is 0.798. The summed E-state index contributed by atoms with van der Waals surface area (Å²) in [6, 6.07) is 0. The second-order valence-corrected chi connectivity index (χ2v) is 7.67. The Kier molecular flexibility index (Phi) is 3.63. The predicted molar refractivity (Wildman–Crippen MR) is 90.2 cm³/mol. The average Bonchev–Trinajstić information content (AvgIpc) is 3.11. The van der Waals surface area contributed by atoms with E-state index in [0.717, 1.165) is 33.8 Å². The fourth-order valence-corrected chi connectivity index (χ4v) is 5.14. The van der Waals surface area contributed by atoms with Gasteiger partial charge in [0, 0.05) is 17.7 Å². The Labute approximate surface area is 144 Å². The van der Waals surface area contributed by atoms with E-state index in [0.29, 0.717) is 26.2 Å². The molecule has 2 N–H and O–H groups in total. The molecule has 0 saturated carbocycles. The van der Waals surface area contributed by atoms with Crippen LogP contribution < -0.4 is 5.32 Å². The number of hydrogen-bond acceptors (Lipinski definition) is 7. The maximum atomic E-state index is 12.2.